The number of amides is 1. The van der Waals surface area contributed by atoms with Crippen LogP contribution in [0.25, 0.3) is 10.8 Å². The summed E-state index contributed by atoms with van der Waals surface area (Å²) in [5, 5.41) is 8.48. The van der Waals surface area contributed by atoms with Crippen LogP contribution >= 0.6 is 0 Å². The van der Waals surface area contributed by atoms with E-state index in [4.69, 9.17) is 0 Å². The molecule has 1 N–H and O–H groups in total. The molecule has 1 aliphatic heterocycles. The molecule has 1 aromatic heterocycles. The van der Waals surface area contributed by atoms with E-state index in [0.717, 1.165) is 18.4 Å². The number of anilines is 1. The molecule has 1 saturated heterocycles. The van der Waals surface area contributed by atoms with E-state index >= 15 is 0 Å². The van der Waals surface area contributed by atoms with Crippen molar-refractivity contribution in [2.75, 3.05) is 18.4 Å². The molecule has 1 fully saturated rings. The van der Waals surface area contributed by atoms with Crippen molar-refractivity contribution in [3.63, 3.8) is 0 Å². The molecule has 2 aromatic carbocycles. The topological polar surface area (TPSA) is 84.3 Å². The maximum Gasteiger partial charge on any atom is 0.243 e. The van der Waals surface area contributed by atoms with Gasteiger partial charge in [-0.2, -0.15) is 9.40 Å². The summed E-state index contributed by atoms with van der Waals surface area (Å²) < 4.78 is 30.3. The van der Waals surface area contributed by atoms with E-state index < -0.39 is 10.0 Å². The van der Waals surface area contributed by atoms with Crippen LogP contribution in [0.15, 0.2) is 53.7 Å². The second kappa shape index (κ2) is 7.61. The fourth-order valence-electron chi connectivity index (χ4n) is 3.91. The highest BCUT2D eigenvalue weighted by atomic mass is 32.2. The van der Waals surface area contributed by atoms with Crippen molar-refractivity contribution in [2.45, 2.75) is 37.6 Å². The molecule has 0 bridgehead atoms. The van der Waals surface area contributed by atoms with Gasteiger partial charge in [-0.3, -0.25) is 9.48 Å². The Morgan fingerprint density at radius 3 is 2.41 bits per heavy atom. The van der Waals surface area contributed by atoms with Crippen LogP contribution in [0, 0.1) is 6.92 Å². The van der Waals surface area contributed by atoms with E-state index in [-0.39, 0.29) is 16.8 Å². The van der Waals surface area contributed by atoms with E-state index in [2.05, 4.69) is 10.4 Å². The van der Waals surface area contributed by atoms with Crippen molar-refractivity contribution in [1.82, 2.24) is 14.1 Å². The minimum Gasteiger partial charge on any atom is -0.326 e. The van der Waals surface area contributed by atoms with Crippen LogP contribution in [0.5, 0.6) is 0 Å². The van der Waals surface area contributed by atoms with Crippen LogP contribution in [0.4, 0.5) is 5.69 Å². The smallest absolute Gasteiger partial charge is 0.243 e. The first-order valence-corrected chi connectivity index (χ1v) is 11.1. The Balaban J connectivity index is 1.63. The number of piperidine rings is 1. The maximum absolute atomic E-state index is 13.4. The molecule has 3 aromatic rings. The Labute approximate surface area is 170 Å². The summed E-state index contributed by atoms with van der Waals surface area (Å²) in [6, 6.07) is 10.7. The highest BCUT2D eigenvalue weighted by Crippen LogP contribution is 2.33. The zero-order valence-electron chi connectivity index (χ0n) is 16.5. The predicted molar refractivity (Wildman–Crippen MR) is 112 cm³/mol. The van der Waals surface area contributed by atoms with Gasteiger partial charge >= 0.3 is 0 Å². The van der Waals surface area contributed by atoms with Crippen molar-refractivity contribution in [2.24, 2.45) is 0 Å². The first-order chi connectivity index (χ1) is 13.9. The number of carbonyl (C=O) groups is 1. The van der Waals surface area contributed by atoms with Crippen LogP contribution in [0.2, 0.25) is 0 Å². The molecule has 1 amide bonds. The first kappa shape index (κ1) is 19.6. The summed E-state index contributed by atoms with van der Waals surface area (Å²) in [7, 11) is -3.64. The molecular weight excluding hydrogens is 388 g/mol. The van der Waals surface area contributed by atoms with Gasteiger partial charge in [-0.1, -0.05) is 24.3 Å². The quantitative estimate of drug-likeness (QED) is 0.712. The number of fused-ring (bicyclic) bond motifs is 1. The second-order valence-corrected chi connectivity index (χ2v) is 9.38. The number of benzene rings is 2. The molecule has 152 valence electrons. The highest BCUT2D eigenvalue weighted by molar-refractivity contribution is 7.89. The van der Waals surface area contributed by atoms with Gasteiger partial charge in [0.05, 0.1) is 17.1 Å². The Morgan fingerprint density at radius 2 is 1.79 bits per heavy atom. The van der Waals surface area contributed by atoms with Crippen molar-refractivity contribution >= 4 is 32.4 Å². The Hall–Kier alpha value is -2.71. The third-order valence-electron chi connectivity index (χ3n) is 5.34. The fourth-order valence-corrected chi connectivity index (χ4v) is 5.58. The minimum atomic E-state index is -3.64. The predicted octanol–water partition coefficient (Wildman–Crippen LogP) is 3.33. The van der Waals surface area contributed by atoms with Gasteiger partial charge in [-0.25, -0.2) is 8.42 Å². The number of carbonyl (C=O) groups excluding carboxylic acids is 1. The number of nitrogens with zero attached hydrogens (tertiary/aromatic N) is 3. The highest BCUT2D eigenvalue weighted by Gasteiger charge is 2.31. The molecule has 0 spiro atoms. The maximum atomic E-state index is 13.4. The van der Waals surface area contributed by atoms with Gasteiger partial charge in [-0.15, -0.1) is 0 Å². The van der Waals surface area contributed by atoms with Crippen molar-refractivity contribution in [3.8, 4) is 0 Å². The van der Waals surface area contributed by atoms with Gasteiger partial charge in [0.15, 0.2) is 0 Å². The molecule has 7 nitrogen and oxygen atoms in total. The van der Waals surface area contributed by atoms with Crippen LogP contribution < -0.4 is 5.32 Å². The lowest BCUT2D eigenvalue weighted by Gasteiger charge is -2.31. The van der Waals surface area contributed by atoms with E-state index in [0.29, 0.717) is 29.5 Å². The van der Waals surface area contributed by atoms with Gasteiger partial charge in [0.25, 0.3) is 0 Å². The third-order valence-corrected chi connectivity index (χ3v) is 7.30. The van der Waals surface area contributed by atoms with E-state index in [1.54, 1.807) is 22.5 Å². The number of aryl methyl sites for hydroxylation is 1. The van der Waals surface area contributed by atoms with E-state index in [9.17, 15) is 13.2 Å². The SMILES string of the molecule is CC(=O)Nc1ccc(S(=O)(=O)N2CCC(n3cc(C)cn3)CC2)c2ccccc12. The lowest BCUT2D eigenvalue weighted by atomic mass is 10.1. The summed E-state index contributed by atoms with van der Waals surface area (Å²) in [5.74, 6) is -0.193. The molecule has 0 radical (unpaired) electrons. The third kappa shape index (κ3) is 3.77. The van der Waals surface area contributed by atoms with E-state index in [1.165, 1.54) is 6.92 Å². The molecule has 0 unspecified atom stereocenters. The normalized spacial score (nSPS) is 16.2. The zero-order valence-corrected chi connectivity index (χ0v) is 17.3. The molecule has 0 saturated carbocycles. The summed E-state index contributed by atoms with van der Waals surface area (Å²) in [6.07, 6.45) is 5.28. The van der Waals surface area contributed by atoms with Gasteiger partial charge in [-0.05, 0) is 37.5 Å². The number of hydrogen-bond acceptors (Lipinski definition) is 4. The number of nitrogens with one attached hydrogen (secondary N) is 1. The lowest BCUT2D eigenvalue weighted by molar-refractivity contribution is -0.114. The lowest BCUT2D eigenvalue weighted by Crippen LogP contribution is -2.39. The average molecular weight is 413 g/mol. The van der Waals surface area contributed by atoms with Gasteiger partial charge in [0.1, 0.15) is 0 Å². The van der Waals surface area contributed by atoms with Gasteiger partial charge < -0.3 is 5.32 Å². The fraction of sp³-hybridized carbons (Fsp3) is 0.333. The molecule has 4 rings (SSSR count). The summed E-state index contributed by atoms with van der Waals surface area (Å²) in [6.45, 7) is 4.34. The molecule has 8 heteroatoms. The molecule has 0 aliphatic carbocycles. The number of rotatable bonds is 4. The summed E-state index contributed by atoms with van der Waals surface area (Å²) >= 11 is 0. The minimum absolute atomic E-state index is 0.193. The summed E-state index contributed by atoms with van der Waals surface area (Å²) in [4.78, 5) is 11.8. The second-order valence-electron chi connectivity index (χ2n) is 7.47. The number of aromatic nitrogens is 2. The Kier molecular flexibility index (Phi) is 5.14. The van der Waals surface area contributed by atoms with Crippen LogP contribution in [-0.2, 0) is 14.8 Å². The molecular formula is C21H24N4O3S. The molecule has 2 heterocycles. The van der Waals surface area contributed by atoms with Gasteiger partial charge in [0.2, 0.25) is 15.9 Å². The van der Waals surface area contributed by atoms with Crippen LogP contribution in [-0.4, -0.2) is 41.5 Å². The van der Waals surface area contributed by atoms with Crippen LogP contribution in [0.1, 0.15) is 31.4 Å². The number of hydrogen-bond donors (Lipinski definition) is 1. The van der Waals surface area contributed by atoms with Crippen molar-refractivity contribution < 1.29 is 13.2 Å². The van der Waals surface area contributed by atoms with Crippen molar-refractivity contribution in [1.29, 1.82) is 0 Å². The van der Waals surface area contributed by atoms with E-state index in [1.807, 2.05) is 42.2 Å². The molecule has 29 heavy (non-hydrogen) atoms. The zero-order chi connectivity index (χ0) is 20.6. The number of sulfonamides is 1. The first-order valence-electron chi connectivity index (χ1n) is 9.66. The standard InChI is InChI=1S/C21H24N4O3S/c1-15-13-22-25(14-15)17-9-11-24(12-10-17)29(27,28)21-8-7-20(23-16(2)26)18-5-3-4-6-19(18)21/h3-8,13-14,17H,9-12H2,1-2H3,(H,23,26). The Morgan fingerprint density at radius 1 is 1.10 bits per heavy atom. The van der Waals surface area contributed by atoms with Crippen LogP contribution in [0.3, 0.4) is 0 Å². The molecule has 0 atom stereocenters. The average Bonchev–Trinajstić information content (AvgIpc) is 3.14. The van der Waals surface area contributed by atoms with Crippen molar-refractivity contribution in [3.05, 3.63) is 54.4 Å². The summed E-state index contributed by atoms with van der Waals surface area (Å²) in [5.41, 5.74) is 1.71. The Bertz CT molecular complexity index is 1160. The van der Waals surface area contributed by atoms with Gasteiger partial charge in [0, 0.05) is 42.7 Å². The monoisotopic (exact) mass is 412 g/mol. The molecule has 1 aliphatic rings. The largest absolute Gasteiger partial charge is 0.326 e.